The van der Waals surface area contributed by atoms with Crippen molar-refractivity contribution in [1.29, 1.82) is 0 Å². The van der Waals surface area contributed by atoms with E-state index in [9.17, 15) is 9.90 Å². The molecule has 0 fully saturated rings. The Morgan fingerprint density at radius 2 is 1.79 bits per heavy atom. The maximum absolute atomic E-state index is 11.2. The van der Waals surface area contributed by atoms with Gasteiger partial charge in [-0.25, -0.2) is 4.79 Å². The Kier molecular flexibility index (Phi) is 10.1. The van der Waals surface area contributed by atoms with Crippen LogP contribution in [0.1, 0.15) is 64.2 Å². The number of carboxylic acid groups (broad SMARTS) is 1. The van der Waals surface area contributed by atoms with Crippen LogP contribution in [-0.4, -0.2) is 47.4 Å². The van der Waals surface area contributed by atoms with Crippen LogP contribution >= 0.6 is 0 Å². The highest BCUT2D eigenvalue weighted by atomic mass is 16.5. The van der Waals surface area contributed by atoms with Crippen molar-refractivity contribution in [2.45, 2.75) is 71.9 Å². The van der Waals surface area contributed by atoms with Gasteiger partial charge in [-0.05, 0) is 102 Å². The van der Waals surface area contributed by atoms with Crippen LogP contribution in [0.5, 0.6) is 5.75 Å². The lowest BCUT2D eigenvalue weighted by molar-refractivity contribution is -0.152. The number of aliphatic carboxylic acids is 1. The van der Waals surface area contributed by atoms with E-state index in [2.05, 4.69) is 70.1 Å². The van der Waals surface area contributed by atoms with Crippen LogP contribution < -0.4 is 4.74 Å². The fraction of sp³-hybridized carbons (Fsp3) is 0.448. The Morgan fingerprint density at radius 1 is 1.15 bits per heavy atom. The molecule has 0 saturated heterocycles. The van der Waals surface area contributed by atoms with E-state index in [0.29, 0.717) is 5.75 Å². The molecule has 0 aliphatic heterocycles. The van der Waals surface area contributed by atoms with Crippen LogP contribution in [0.4, 0.5) is 0 Å². The number of hydrogen-bond donors (Lipinski definition) is 1. The zero-order chi connectivity index (χ0) is 25.3. The van der Waals surface area contributed by atoms with Gasteiger partial charge >= 0.3 is 5.97 Å². The monoisotopic (exact) mass is 464 g/mol. The molecule has 0 aromatic heterocycles. The molecule has 184 valence electrons. The third-order valence-corrected chi connectivity index (χ3v) is 6.08. The Hall–Kier alpha value is -2.92. The van der Waals surface area contributed by atoms with Gasteiger partial charge in [-0.1, -0.05) is 43.3 Å². The summed E-state index contributed by atoms with van der Waals surface area (Å²) in [5.41, 5.74) is 4.71. The summed E-state index contributed by atoms with van der Waals surface area (Å²) >= 11 is 0. The number of hydrogen-bond acceptors (Lipinski definition) is 4. The summed E-state index contributed by atoms with van der Waals surface area (Å²) in [4.78, 5) is 18.5. The number of carboxylic acids is 1. The van der Waals surface area contributed by atoms with Gasteiger partial charge in [0.2, 0.25) is 0 Å². The molecule has 2 rings (SSSR count). The van der Waals surface area contributed by atoms with Crippen LogP contribution in [-0.2, 0) is 17.6 Å². The third kappa shape index (κ3) is 8.14. The summed E-state index contributed by atoms with van der Waals surface area (Å²) in [5.74, 6) is -0.421. The minimum absolute atomic E-state index is 0.211. The van der Waals surface area contributed by atoms with E-state index < -0.39 is 11.6 Å². The van der Waals surface area contributed by atoms with E-state index in [1.54, 1.807) is 13.8 Å². The quantitative estimate of drug-likeness (QED) is 0.376. The van der Waals surface area contributed by atoms with Crippen LogP contribution in [0.25, 0.3) is 6.08 Å². The first-order valence-corrected chi connectivity index (χ1v) is 12.0. The maximum Gasteiger partial charge on any atom is 0.347 e. The molecule has 0 spiro atoms. The lowest BCUT2D eigenvalue weighted by atomic mass is 10.0. The Morgan fingerprint density at radius 3 is 2.38 bits per heavy atom. The van der Waals surface area contributed by atoms with E-state index >= 15 is 0 Å². The summed E-state index contributed by atoms with van der Waals surface area (Å²) in [6.07, 6.45) is 6.06. The average Bonchev–Trinajstić information content (AvgIpc) is 2.79. The minimum Gasteiger partial charge on any atom is -0.478 e. The molecule has 0 bridgehead atoms. The molecule has 1 N–H and O–H groups in total. The van der Waals surface area contributed by atoms with Gasteiger partial charge in [0.1, 0.15) is 5.75 Å². The van der Waals surface area contributed by atoms with E-state index in [1.165, 1.54) is 16.7 Å². The largest absolute Gasteiger partial charge is 0.478 e. The third-order valence-electron chi connectivity index (χ3n) is 6.08. The number of aryl methyl sites for hydroxylation is 2. The standard InChI is InChI=1S/C29H40N2O3/c1-8-24-14-9-10-15-25(24)20-27(22(3)31(6)7)30-21(2)12-11-13-23-16-18-26(19-17-23)34-29(4,5)28(32)33/h9-10,14-20,22H,8,11-13H2,1-7H3,(H,32,33)/b27-20+,30-21?. The van der Waals surface area contributed by atoms with Crippen molar-refractivity contribution in [3.05, 3.63) is 70.9 Å². The van der Waals surface area contributed by atoms with Crippen molar-refractivity contribution >= 4 is 17.8 Å². The van der Waals surface area contributed by atoms with Gasteiger partial charge in [-0.3, -0.25) is 4.99 Å². The van der Waals surface area contributed by atoms with Crippen molar-refractivity contribution in [3.8, 4) is 5.75 Å². The second-order valence-electron chi connectivity index (χ2n) is 9.52. The van der Waals surface area contributed by atoms with Gasteiger partial charge in [0, 0.05) is 11.8 Å². The summed E-state index contributed by atoms with van der Waals surface area (Å²) in [6.45, 7) is 9.57. The van der Waals surface area contributed by atoms with Gasteiger partial charge in [-0.2, -0.15) is 0 Å². The first-order valence-electron chi connectivity index (χ1n) is 12.0. The summed E-state index contributed by atoms with van der Waals surface area (Å²) in [7, 11) is 4.17. The van der Waals surface area contributed by atoms with E-state index in [0.717, 1.165) is 37.1 Å². The molecule has 5 heteroatoms. The summed E-state index contributed by atoms with van der Waals surface area (Å²) in [5, 5.41) is 9.22. The second-order valence-corrected chi connectivity index (χ2v) is 9.52. The fourth-order valence-corrected chi connectivity index (χ4v) is 3.55. The normalized spacial score (nSPS) is 13.8. The molecule has 0 heterocycles. The van der Waals surface area contributed by atoms with Gasteiger partial charge < -0.3 is 14.7 Å². The number of nitrogens with zero attached hydrogens (tertiary/aromatic N) is 2. The zero-order valence-electron chi connectivity index (χ0n) is 21.8. The van der Waals surface area contributed by atoms with E-state index in [1.807, 2.05) is 24.3 Å². The highest BCUT2D eigenvalue weighted by molar-refractivity contribution is 5.83. The van der Waals surface area contributed by atoms with Crippen LogP contribution in [0, 0.1) is 0 Å². The Balaban J connectivity index is 2.05. The molecule has 0 aliphatic rings. The molecule has 1 unspecified atom stereocenters. The van der Waals surface area contributed by atoms with Gasteiger partial charge in [0.05, 0.1) is 5.70 Å². The Bertz CT molecular complexity index is 1000. The SMILES string of the molecule is CCc1ccccc1/C=C(/N=C(C)CCCc1ccc(OC(C)(C)C(=O)O)cc1)C(C)N(C)C. The average molecular weight is 465 g/mol. The molecule has 2 aromatic rings. The number of rotatable bonds is 12. The fourth-order valence-electron chi connectivity index (χ4n) is 3.55. The van der Waals surface area contributed by atoms with Crippen molar-refractivity contribution < 1.29 is 14.6 Å². The highest BCUT2D eigenvalue weighted by Gasteiger charge is 2.29. The van der Waals surface area contributed by atoms with Crippen molar-refractivity contribution in [2.24, 2.45) is 4.99 Å². The van der Waals surface area contributed by atoms with E-state index in [-0.39, 0.29) is 6.04 Å². The van der Waals surface area contributed by atoms with Crippen LogP contribution in [0.15, 0.2) is 59.2 Å². The first kappa shape index (κ1) is 27.3. The summed E-state index contributed by atoms with van der Waals surface area (Å²) < 4.78 is 5.58. The zero-order valence-corrected chi connectivity index (χ0v) is 21.8. The predicted octanol–water partition coefficient (Wildman–Crippen LogP) is 6.27. The number of benzene rings is 2. The minimum atomic E-state index is -1.25. The molecule has 0 amide bonds. The maximum atomic E-state index is 11.2. The summed E-state index contributed by atoms with van der Waals surface area (Å²) in [6, 6.07) is 16.4. The molecule has 0 aliphatic carbocycles. The number of ether oxygens (including phenoxy) is 1. The smallest absolute Gasteiger partial charge is 0.347 e. The molecule has 1 atom stereocenters. The van der Waals surface area contributed by atoms with Crippen LogP contribution in [0.2, 0.25) is 0 Å². The molecule has 0 radical (unpaired) electrons. The van der Waals surface area contributed by atoms with Crippen molar-refractivity contribution in [1.82, 2.24) is 4.90 Å². The molecule has 0 saturated carbocycles. The number of carbonyl (C=O) groups is 1. The number of likely N-dealkylation sites (N-methyl/N-ethyl adjacent to an activating group) is 1. The lowest BCUT2D eigenvalue weighted by Crippen LogP contribution is -2.37. The lowest BCUT2D eigenvalue weighted by Gasteiger charge is -2.21. The van der Waals surface area contributed by atoms with Crippen molar-refractivity contribution in [2.75, 3.05) is 14.1 Å². The van der Waals surface area contributed by atoms with Gasteiger partial charge in [0.15, 0.2) is 5.60 Å². The number of aliphatic imine (C=N–C) groups is 1. The Labute approximate surface area is 205 Å². The molecule has 5 nitrogen and oxygen atoms in total. The molecule has 2 aromatic carbocycles. The molecular weight excluding hydrogens is 424 g/mol. The predicted molar refractivity (Wildman–Crippen MR) is 142 cm³/mol. The highest BCUT2D eigenvalue weighted by Crippen LogP contribution is 2.21. The van der Waals surface area contributed by atoms with Crippen LogP contribution in [0.3, 0.4) is 0 Å². The van der Waals surface area contributed by atoms with E-state index in [4.69, 9.17) is 9.73 Å². The topological polar surface area (TPSA) is 62.1 Å². The molecule has 34 heavy (non-hydrogen) atoms. The van der Waals surface area contributed by atoms with Gasteiger partial charge in [-0.15, -0.1) is 0 Å². The first-order chi connectivity index (χ1) is 16.0. The molecular formula is C29H40N2O3. The second kappa shape index (κ2) is 12.5. The van der Waals surface area contributed by atoms with Gasteiger partial charge in [0.25, 0.3) is 0 Å². The van der Waals surface area contributed by atoms with Crippen molar-refractivity contribution in [3.63, 3.8) is 0 Å².